The second kappa shape index (κ2) is 3.42. The molecule has 0 aromatic heterocycles. The van der Waals surface area contributed by atoms with Crippen LogP contribution in [0.4, 0.5) is 0 Å². The zero-order chi connectivity index (χ0) is 10.3. The van der Waals surface area contributed by atoms with E-state index in [2.05, 4.69) is 6.26 Å². The van der Waals surface area contributed by atoms with Gasteiger partial charge in [0.05, 0.1) is 7.11 Å². The molecule has 4 atom stereocenters. The molecule has 2 bridgehead atoms. The van der Waals surface area contributed by atoms with Crippen LogP contribution in [-0.4, -0.2) is 30.1 Å². The Morgan fingerprint density at radius 1 is 1.57 bits per heavy atom. The van der Waals surface area contributed by atoms with Crippen molar-refractivity contribution in [2.24, 2.45) is 17.6 Å². The number of ether oxygens (including phenoxy) is 1. The zero-order valence-electron chi connectivity index (χ0n) is 8.66. The maximum absolute atomic E-state index is 11.6. The van der Waals surface area contributed by atoms with Crippen LogP contribution in [0.5, 0.6) is 0 Å². The van der Waals surface area contributed by atoms with Crippen LogP contribution < -0.4 is 5.73 Å². The first-order valence-electron chi connectivity index (χ1n) is 5.02. The molecule has 0 amide bonds. The third-order valence-corrected chi connectivity index (χ3v) is 4.88. The zero-order valence-corrected chi connectivity index (χ0v) is 9.47. The summed E-state index contributed by atoms with van der Waals surface area (Å²) in [6, 6.07) is 0. The molecule has 2 N–H and O–H groups in total. The van der Waals surface area contributed by atoms with E-state index in [0.717, 1.165) is 12.8 Å². The predicted octanol–water partition coefficient (Wildman–Crippen LogP) is 1.02. The van der Waals surface area contributed by atoms with Crippen molar-refractivity contribution in [3.05, 3.63) is 0 Å². The lowest BCUT2D eigenvalue weighted by molar-refractivity contribution is -0.149. The molecular weight excluding hydrogens is 198 g/mol. The van der Waals surface area contributed by atoms with E-state index in [9.17, 15) is 4.79 Å². The van der Waals surface area contributed by atoms with Gasteiger partial charge in [-0.2, -0.15) is 11.8 Å². The number of carbonyl (C=O) groups is 1. The molecule has 2 aliphatic rings. The molecule has 2 saturated carbocycles. The number of methoxy groups -OCH3 is 1. The number of thioether (sulfide) groups is 1. The molecule has 0 heterocycles. The van der Waals surface area contributed by atoms with Gasteiger partial charge in [0.25, 0.3) is 0 Å². The van der Waals surface area contributed by atoms with E-state index >= 15 is 0 Å². The van der Waals surface area contributed by atoms with E-state index in [1.165, 1.54) is 13.5 Å². The van der Waals surface area contributed by atoms with Crippen LogP contribution in [0, 0.1) is 11.8 Å². The molecule has 2 fully saturated rings. The topological polar surface area (TPSA) is 52.3 Å². The van der Waals surface area contributed by atoms with Crippen molar-refractivity contribution < 1.29 is 9.53 Å². The predicted molar refractivity (Wildman–Crippen MR) is 57.1 cm³/mol. The van der Waals surface area contributed by atoms with Gasteiger partial charge < -0.3 is 10.5 Å². The summed E-state index contributed by atoms with van der Waals surface area (Å²) in [5.74, 6) is 0.750. The molecule has 80 valence electrons. The first-order valence-corrected chi connectivity index (χ1v) is 6.30. The molecule has 0 saturated heterocycles. The summed E-state index contributed by atoms with van der Waals surface area (Å²) >= 11 is 1.84. The van der Waals surface area contributed by atoms with E-state index in [4.69, 9.17) is 10.5 Å². The number of rotatable bonds is 2. The molecule has 0 aromatic rings. The first-order chi connectivity index (χ1) is 6.61. The summed E-state index contributed by atoms with van der Waals surface area (Å²) in [5, 5.41) is 0.554. The monoisotopic (exact) mass is 215 g/mol. The van der Waals surface area contributed by atoms with Gasteiger partial charge in [0.1, 0.15) is 5.54 Å². The average Bonchev–Trinajstić information content (AvgIpc) is 2.73. The van der Waals surface area contributed by atoms with Crippen molar-refractivity contribution in [1.82, 2.24) is 0 Å². The average molecular weight is 215 g/mol. The largest absolute Gasteiger partial charge is 0.468 e. The molecule has 2 rings (SSSR count). The van der Waals surface area contributed by atoms with Gasteiger partial charge >= 0.3 is 5.97 Å². The Bertz CT molecular complexity index is 259. The Hall–Kier alpha value is -0.220. The summed E-state index contributed by atoms with van der Waals surface area (Å²) in [5.41, 5.74) is 5.49. The van der Waals surface area contributed by atoms with Crippen molar-refractivity contribution >= 4 is 17.7 Å². The number of esters is 1. The lowest BCUT2D eigenvalue weighted by Gasteiger charge is -2.35. The lowest BCUT2D eigenvalue weighted by Crippen LogP contribution is -2.55. The van der Waals surface area contributed by atoms with Gasteiger partial charge in [-0.15, -0.1) is 0 Å². The standard InChI is InChI=1S/C10H17NO2S/c1-13-9(12)10(11)5-6-3-7(10)8(4-6)14-2/h6-8H,3-5,11H2,1-2H3/t6-,7+,8-,10-/m0/s1. The molecular formula is C10H17NO2S. The van der Waals surface area contributed by atoms with Crippen molar-refractivity contribution in [2.75, 3.05) is 13.4 Å². The highest BCUT2D eigenvalue weighted by Crippen LogP contribution is 2.53. The maximum atomic E-state index is 11.6. The molecule has 4 heteroatoms. The normalized spacial score (nSPS) is 45.5. The van der Waals surface area contributed by atoms with Gasteiger partial charge in [0, 0.05) is 5.25 Å². The van der Waals surface area contributed by atoms with Gasteiger partial charge in [0.2, 0.25) is 0 Å². The molecule has 0 unspecified atom stereocenters. The van der Waals surface area contributed by atoms with E-state index in [-0.39, 0.29) is 5.97 Å². The van der Waals surface area contributed by atoms with Crippen LogP contribution in [-0.2, 0) is 9.53 Å². The number of hydrogen-bond acceptors (Lipinski definition) is 4. The fourth-order valence-corrected chi connectivity index (χ4v) is 4.27. The van der Waals surface area contributed by atoms with Gasteiger partial charge in [-0.3, -0.25) is 4.79 Å². The summed E-state index contributed by atoms with van der Waals surface area (Å²) in [7, 11) is 1.43. The van der Waals surface area contributed by atoms with Gasteiger partial charge in [-0.25, -0.2) is 0 Å². The van der Waals surface area contributed by atoms with Gasteiger partial charge in [-0.05, 0) is 37.4 Å². The third-order valence-electron chi connectivity index (χ3n) is 3.76. The second-order valence-corrected chi connectivity index (χ2v) is 5.53. The lowest BCUT2D eigenvalue weighted by atomic mass is 9.81. The number of fused-ring (bicyclic) bond motifs is 2. The Morgan fingerprint density at radius 2 is 2.29 bits per heavy atom. The second-order valence-electron chi connectivity index (χ2n) is 4.45. The summed E-state index contributed by atoms with van der Waals surface area (Å²) < 4.78 is 4.81. The Morgan fingerprint density at radius 3 is 2.79 bits per heavy atom. The quantitative estimate of drug-likeness (QED) is 0.699. The maximum Gasteiger partial charge on any atom is 0.326 e. The Labute approximate surface area is 88.8 Å². The molecule has 3 nitrogen and oxygen atoms in total. The molecule has 0 aromatic carbocycles. The van der Waals surface area contributed by atoms with Gasteiger partial charge in [-0.1, -0.05) is 0 Å². The molecule has 0 aliphatic heterocycles. The highest BCUT2D eigenvalue weighted by Gasteiger charge is 2.58. The molecule has 14 heavy (non-hydrogen) atoms. The highest BCUT2D eigenvalue weighted by molar-refractivity contribution is 7.99. The molecule has 0 radical (unpaired) electrons. The number of hydrogen-bond donors (Lipinski definition) is 1. The first kappa shape index (κ1) is 10.3. The van der Waals surface area contributed by atoms with Crippen molar-refractivity contribution in [3.63, 3.8) is 0 Å². The minimum absolute atomic E-state index is 0.219. The molecule has 0 spiro atoms. The van der Waals surface area contributed by atoms with Crippen LogP contribution in [0.15, 0.2) is 0 Å². The summed E-state index contributed by atoms with van der Waals surface area (Å²) in [6.45, 7) is 0. The smallest absolute Gasteiger partial charge is 0.326 e. The van der Waals surface area contributed by atoms with Crippen LogP contribution in [0.25, 0.3) is 0 Å². The van der Waals surface area contributed by atoms with Crippen molar-refractivity contribution in [3.8, 4) is 0 Å². The minimum atomic E-state index is -0.689. The number of nitrogens with two attached hydrogens (primary N) is 1. The number of carbonyl (C=O) groups excluding carboxylic acids is 1. The van der Waals surface area contributed by atoms with Crippen molar-refractivity contribution in [1.29, 1.82) is 0 Å². The minimum Gasteiger partial charge on any atom is -0.468 e. The fraction of sp³-hybridized carbons (Fsp3) is 0.900. The van der Waals surface area contributed by atoms with Crippen LogP contribution in [0.3, 0.4) is 0 Å². The van der Waals surface area contributed by atoms with Gasteiger partial charge in [0.15, 0.2) is 0 Å². The summed E-state index contributed by atoms with van der Waals surface area (Å²) in [6.07, 6.45) is 5.25. The molecule has 2 aliphatic carbocycles. The SMILES string of the molecule is COC(=O)[C@]1(N)C[C@@H]2C[C@H](SC)[C@H]1C2. The van der Waals surface area contributed by atoms with E-state index in [1.54, 1.807) is 0 Å². The summed E-state index contributed by atoms with van der Waals surface area (Å²) in [4.78, 5) is 11.6. The Balaban J connectivity index is 2.19. The van der Waals surface area contributed by atoms with E-state index < -0.39 is 5.54 Å². The Kier molecular flexibility index (Phi) is 2.52. The van der Waals surface area contributed by atoms with Crippen LogP contribution in [0.2, 0.25) is 0 Å². The van der Waals surface area contributed by atoms with E-state index in [1.807, 2.05) is 11.8 Å². The van der Waals surface area contributed by atoms with Crippen LogP contribution in [0.1, 0.15) is 19.3 Å². The third kappa shape index (κ3) is 1.27. The highest BCUT2D eigenvalue weighted by atomic mass is 32.2. The fourth-order valence-electron chi connectivity index (χ4n) is 3.12. The van der Waals surface area contributed by atoms with Crippen molar-refractivity contribution in [2.45, 2.75) is 30.1 Å². The van der Waals surface area contributed by atoms with E-state index in [0.29, 0.717) is 17.1 Å². The van der Waals surface area contributed by atoms with Crippen LogP contribution >= 0.6 is 11.8 Å².